The summed E-state index contributed by atoms with van der Waals surface area (Å²) in [5.41, 5.74) is 4.69. The number of fused-ring (bicyclic) bond motifs is 1. The lowest BCUT2D eigenvalue weighted by Crippen LogP contribution is -2.25. The molecular weight excluding hydrogens is 382 g/mol. The second-order valence-electron chi connectivity index (χ2n) is 7.05. The van der Waals surface area contributed by atoms with Crippen LogP contribution in [0, 0.1) is 0 Å². The Bertz CT molecular complexity index is 1190. The van der Waals surface area contributed by atoms with Gasteiger partial charge in [-0.3, -0.25) is 4.79 Å². The van der Waals surface area contributed by atoms with Crippen molar-refractivity contribution in [2.24, 2.45) is 0 Å². The highest BCUT2D eigenvalue weighted by Gasteiger charge is 2.35. The molecule has 4 aromatic rings. The van der Waals surface area contributed by atoms with Crippen LogP contribution in [0.4, 0.5) is 5.82 Å². The molecule has 5 rings (SSSR count). The minimum absolute atomic E-state index is 0.0425. The number of benzene rings is 3. The Labute approximate surface area is 173 Å². The number of hydrogen-bond donors (Lipinski definition) is 1. The third-order valence-corrected chi connectivity index (χ3v) is 5.59. The number of halogens is 1. The van der Waals surface area contributed by atoms with Crippen LogP contribution in [0.2, 0.25) is 5.02 Å². The monoisotopic (exact) mass is 399 g/mol. The van der Waals surface area contributed by atoms with Gasteiger partial charge in [0.2, 0.25) is 5.91 Å². The Morgan fingerprint density at radius 1 is 0.897 bits per heavy atom. The molecule has 4 nitrogen and oxygen atoms in total. The molecule has 0 radical (unpaired) electrons. The Morgan fingerprint density at radius 3 is 2.28 bits per heavy atom. The molecule has 2 heterocycles. The van der Waals surface area contributed by atoms with Crippen LogP contribution in [0.1, 0.15) is 23.5 Å². The van der Waals surface area contributed by atoms with Gasteiger partial charge in [-0.05, 0) is 23.8 Å². The van der Waals surface area contributed by atoms with E-state index in [2.05, 4.69) is 5.32 Å². The van der Waals surface area contributed by atoms with Gasteiger partial charge >= 0.3 is 0 Å². The molecule has 1 N–H and O–H groups in total. The summed E-state index contributed by atoms with van der Waals surface area (Å²) in [5, 5.41) is 8.64. The second kappa shape index (κ2) is 7.22. The standard InChI is InChI=1S/C24H18ClN3O/c25-20-14-8-7-13-18(20)19-15-21(29)26-24-22(19)23(16-9-3-1-4-10-16)27-28(24)17-11-5-2-6-12-17/h1-14,19H,15H2,(H,26,29). The number of hydrogen-bond acceptors (Lipinski definition) is 2. The summed E-state index contributed by atoms with van der Waals surface area (Å²) in [7, 11) is 0. The number of para-hydroxylation sites is 1. The maximum Gasteiger partial charge on any atom is 0.226 e. The van der Waals surface area contributed by atoms with E-state index in [1.807, 2.05) is 89.6 Å². The first-order valence-corrected chi connectivity index (χ1v) is 9.88. The van der Waals surface area contributed by atoms with Crippen molar-refractivity contribution in [2.75, 3.05) is 5.32 Å². The normalized spacial score (nSPS) is 15.6. The Balaban J connectivity index is 1.80. The maximum absolute atomic E-state index is 12.7. The molecule has 0 spiro atoms. The SMILES string of the molecule is O=C1CC(c2ccccc2Cl)c2c(-c3ccccc3)nn(-c3ccccc3)c2N1. The number of nitrogens with one attached hydrogen (secondary N) is 1. The van der Waals surface area contributed by atoms with E-state index in [0.29, 0.717) is 17.3 Å². The summed E-state index contributed by atoms with van der Waals surface area (Å²) in [4.78, 5) is 12.7. The molecule has 0 saturated carbocycles. The molecule has 1 unspecified atom stereocenters. The summed E-state index contributed by atoms with van der Waals surface area (Å²) >= 11 is 6.54. The predicted molar refractivity (Wildman–Crippen MR) is 116 cm³/mol. The van der Waals surface area contributed by atoms with Crippen LogP contribution in [-0.4, -0.2) is 15.7 Å². The van der Waals surface area contributed by atoms with E-state index in [-0.39, 0.29) is 11.8 Å². The van der Waals surface area contributed by atoms with Gasteiger partial charge in [-0.2, -0.15) is 5.10 Å². The zero-order chi connectivity index (χ0) is 19.8. The molecule has 29 heavy (non-hydrogen) atoms. The van der Waals surface area contributed by atoms with E-state index in [0.717, 1.165) is 28.1 Å². The van der Waals surface area contributed by atoms with Gasteiger partial charge in [0.15, 0.2) is 0 Å². The number of carbonyl (C=O) groups excluding carboxylic acids is 1. The van der Waals surface area contributed by atoms with Crippen LogP contribution >= 0.6 is 11.6 Å². The summed E-state index contributed by atoms with van der Waals surface area (Å²) in [6.45, 7) is 0. The smallest absolute Gasteiger partial charge is 0.226 e. The number of rotatable bonds is 3. The highest BCUT2D eigenvalue weighted by atomic mass is 35.5. The lowest BCUT2D eigenvalue weighted by molar-refractivity contribution is -0.116. The largest absolute Gasteiger partial charge is 0.310 e. The van der Waals surface area contributed by atoms with E-state index in [1.54, 1.807) is 0 Å². The van der Waals surface area contributed by atoms with Crippen LogP contribution < -0.4 is 5.32 Å². The van der Waals surface area contributed by atoms with Gasteiger partial charge in [-0.1, -0.05) is 78.3 Å². The average molecular weight is 400 g/mol. The minimum Gasteiger partial charge on any atom is -0.310 e. The average Bonchev–Trinajstić information content (AvgIpc) is 3.14. The highest BCUT2D eigenvalue weighted by Crippen LogP contribution is 2.45. The molecule has 0 aliphatic carbocycles. The summed E-state index contributed by atoms with van der Waals surface area (Å²) < 4.78 is 1.82. The molecule has 0 bridgehead atoms. The maximum atomic E-state index is 12.7. The van der Waals surface area contributed by atoms with Crippen molar-refractivity contribution in [3.05, 3.63) is 101 Å². The molecule has 1 aromatic heterocycles. The first-order valence-electron chi connectivity index (χ1n) is 9.50. The quantitative estimate of drug-likeness (QED) is 0.482. The van der Waals surface area contributed by atoms with Crippen molar-refractivity contribution in [2.45, 2.75) is 12.3 Å². The van der Waals surface area contributed by atoms with E-state index in [9.17, 15) is 4.79 Å². The van der Waals surface area contributed by atoms with Gasteiger partial charge in [0.1, 0.15) is 5.82 Å². The van der Waals surface area contributed by atoms with E-state index < -0.39 is 0 Å². The predicted octanol–water partition coefficient (Wildman–Crippen LogP) is 5.67. The Hall–Kier alpha value is -3.37. The van der Waals surface area contributed by atoms with Crippen LogP contribution in [0.15, 0.2) is 84.9 Å². The first-order chi connectivity index (χ1) is 14.2. The molecule has 142 valence electrons. The second-order valence-corrected chi connectivity index (χ2v) is 7.46. The van der Waals surface area contributed by atoms with Crippen molar-refractivity contribution < 1.29 is 4.79 Å². The van der Waals surface area contributed by atoms with Gasteiger partial charge in [0.05, 0.1) is 11.4 Å². The van der Waals surface area contributed by atoms with Gasteiger partial charge in [0, 0.05) is 28.5 Å². The Kier molecular flexibility index (Phi) is 4.41. The summed E-state index contributed by atoms with van der Waals surface area (Å²) in [5.74, 6) is 0.496. The fourth-order valence-electron chi connectivity index (χ4n) is 3.94. The molecular formula is C24H18ClN3O. The molecule has 1 amide bonds. The Morgan fingerprint density at radius 2 is 1.55 bits per heavy atom. The van der Waals surface area contributed by atoms with Crippen molar-refractivity contribution >= 4 is 23.3 Å². The zero-order valence-electron chi connectivity index (χ0n) is 15.5. The topological polar surface area (TPSA) is 46.9 Å². The number of carbonyl (C=O) groups is 1. The number of anilines is 1. The molecule has 1 aliphatic heterocycles. The van der Waals surface area contributed by atoms with Crippen molar-refractivity contribution in [1.82, 2.24) is 9.78 Å². The molecule has 0 saturated heterocycles. The van der Waals surface area contributed by atoms with Crippen LogP contribution in [0.5, 0.6) is 0 Å². The summed E-state index contributed by atoms with van der Waals surface area (Å²) in [6, 6.07) is 27.6. The number of nitrogens with zero attached hydrogens (tertiary/aromatic N) is 2. The van der Waals surface area contributed by atoms with E-state index >= 15 is 0 Å². The lowest BCUT2D eigenvalue weighted by Gasteiger charge is -2.25. The van der Waals surface area contributed by atoms with Gasteiger partial charge in [-0.25, -0.2) is 4.68 Å². The van der Waals surface area contributed by atoms with Gasteiger partial charge in [-0.15, -0.1) is 0 Å². The van der Waals surface area contributed by atoms with Crippen LogP contribution in [0.25, 0.3) is 16.9 Å². The highest BCUT2D eigenvalue weighted by molar-refractivity contribution is 6.31. The van der Waals surface area contributed by atoms with Gasteiger partial charge in [0.25, 0.3) is 0 Å². The number of amides is 1. The van der Waals surface area contributed by atoms with Crippen molar-refractivity contribution in [3.63, 3.8) is 0 Å². The third kappa shape index (κ3) is 3.12. The fraction of sp³-hybridized carbons (Fsp3) is 0.0833. The minimum atomic E-state index is -0.167. The molecule has 1 aliphatic rings. The van der Waals surface area contributed by atoms with Crippen LogP contribution in [0.3, 0.4) is 0 Å². The lowest BCUT2D eigenvalue weighted by atomic mass is 9.84. The number of aromatic nitrogens is 2. The van der Waals surface area contributed by atoms with E-state index in [1.165, 1.54) is 0 Å². The van der Waals surface area contributed by atoms with Gasteiger partial charge < -0.3 is 5.32 Å². The molecule has 1 atom stereocenters. The van der Waals surface area contributed by atoms with E-state index in [4.69, 9.17) is 16.7 Å². The van der Waals surface area contributed by atoms with Crippen LogP contribution in [-0.2, 0) is 4.79 Å². The molecule has 3 aromatic carbocycles. The first kappa shape index (κ1) is 17.7. The molecule has 0 fully saturated rings. The molecule has 5 heteroatoms. The summed E-state index contributed by atoms with van der Waals surface area (Å²) in [6.07, 6.45) is 0.330. The third-order valence-electron chi connectivity index (χ3n) is 5.25. The fourth-order valence-corrected chi connectivity index (χ4v) is 4.21. The van der Waals surface area contributed by atoms with Crippen molar-refractivity contribution in [3.8, 4) is 16.9 Å². The zero-order valence-corrected chi connectivity index (χ0v) is 16.3. The van der Waals surface area contributed by atoms with Crippen molar-refractivity contribution in [1.29, 1.82) is 0 Å².